The van der Waals surface area contributed by atoms with Gasteiger partial charge in [0.05, 0.1) is 11.6 Å². The van der Waals surface area contributed by atoms with Crippen LogP contribution in [-0.4, -0.2) is 5.25 Å². The molecular formula is C11H13NS. The molecule has 13 heavy (non-hydrogen) atoms. The van der Waals surface area contributed by atoms with E-state index < -0.39 is 0 Å². The molecule has 0 heterocycles. The summed E-state index contributed by atoms with van der Waals surface area (Å²) in [4.78, 5) is 1.27. The summed E-state index contributed by atoms with van der Waals surface area (Å²) >= 11 is 1.83. The monoisotopic (exact) mass is 191 g/mol. The van der Waals surface area contributed by atoms with Crippen molar-refractivity contribution in [1.82, 2.24) is 0 Å². The van der Waals surface area contributed by atoms with E-state index in [1.54, 1.807) is 0 Å². The Morgan fingerprint density at radius 2 is 2.08 bits per heavy atom. The highest BCUT2D eigenvalue weighted by atomic mass is 32.2. The van der Waals surface area contributed by atoms with Gasteiger partial charge in [0.1, 0.15) is 0 Å². The Hall–Kier alpha value is -0.940. The minimum atomic E-state index is 0.589. The Bertz CT molecular complexity index is 336. The average molecular weight is 191 g/mol. The Morgan fingerprint density at radius 3 is 2.54 bits per heavy atom. The van der Waals surface area contributed by atoms with E-state index in [4.69, 9.17) is 5.26 Å². The summed E-state index contributed by atoms with van der Waals surface area (Å²) in [6.07, 6.45) is 0. The van der Waals surface area contributed by atoms with E-state index in [-0.39, 0.29) is 0 Å². The van der Waals surface area contributed by atoms with Crippen LogP contribution in [0.5, 0.6) is 0 Å². The van der Waals surface area contributed by atoms with Gasteiger partial charge in [-0.05, 0) is 30.7 Å². The fourth-order valence-electron chi connectivity index (χ4n) is 1.11. The number of nitriles is 1. The van der Waals surface area contributed by atoms with Gasteiger partial charge in [-0.15, -0.1) is 11.8 Å². The third kappa shape index (κ3) is 2.78. The highest BCUT2D eigenvalue weighted by Crippen LogP contribution is 2.26. The molecule has 0 radical (unpaired) electrons. The maximum Gasteiger partial charge on any atom is 0.0991 e. The van der Waals surface area contributed by atoms with Crippen LogP contribution >= 0.6 is 11.8 Å². The van der Waals surface area contributed by atoms with Crippen LogP contribution in [0.25, 0.3) is 0 Å². The van der Waals surface area contributed by atoms with Gasteiger partial charge in [-0.25, -0.2) is 0 Å². The van der Waals surface area contributed by atoms with Gasteiger partial charge in [0.2, 0.25) is 0 Å². The SMILES string of the molecule is Cc1cc(C#N)ccc1SC(C)C. The summed E-state index contributed by atoms with van der Waals surface area (Å²) in [7, 11) is 0. The number of hydrogen-bond donors (Lipinski definition) is 0. The lowest BCUT2D eigenvalue weighted by molar-refractivity contribution is 1.10. The van der Waals surface area contributed by atoms with Crippen molar-refractivity contribution < 1.29 is 0 Å². The molecule has 0 spiro atoms. The molecule has 0 saturated carbocycles. The third-order valence-corrected chi connectivity index (χ3v) is 2.85. The maximum absolute atomic E-state index is 8.68. The van der Waals surface area contributed by atoms with Gasteiger partial charge in [0.25, 0.3) is 0 Å². The van der Waals surface area contributed by atoms with Crippen molar-refractivity contribution in [3.63, 3.8) is 0 Å². The van der Waals surface area contributed by atoms with Crippen LogP contribution in [-0.2, 0) is 0 Å². The van der Waals surface area contributed by atoms with Crippen LogP contribution in [0.2, 0.25) is 0 Å². The summed E-state index contributed by atoms with van der Waals surface area (Å²) in [5, 5.41) is 9.27. The van der Waals surface area contributed by atoms with Crippen molar-refractivity contribution in [2.24, 2.45) is 0 Å². The average Bonchev–Trinajstić information content (AvgIpc) is 2.08. The lowest BCUT2D eigenvalue weighted by Crippen LogP contribution is -1.89. The molecule has 0 aliphatic rings. The lowest BCUT2D eigenvalue weighted by atomic mass is 10.2. The molecule has 1 aromatic carbocycles. The molecule has 0 N–H and O–H groups in total. The molecule has 68 valence electrons. The summed E-state index contributed by atoms with van der Waals surface area (Å²) in [6.45, 7) is 6.39. The van der Waals surface area contributed by atoms with E-state index in [2.05, 4.69) is 19.9 Å². The van der Waals surface area contributed by atoms with Crippen molar-refractivity contribution in [2.45, 2.75) is 30.9 Å². The number of nitrogens with zero attached hydrogens (tertiary/aromatic N) is 1. The minimum Gasteiger partial charge on any atom is -0.192 e. The first-order valence-corrected chi connectivity index (χ1v) is 5.19. The van der Waals surface area contributed by atoms with Crippen LogP contribution in [0.3, 0.4) is 0 Å². The van der Waals surface area contributed by atoms with E-state index >= 15 is 0 Å². The molecule has 0 bridgehead atoms. The maximum atomic E-state index is 8.68. The lowest BCUT2D eigenvalue weighted by Gasteiger charge is -2.07. The van der Waals surface area contributed by atoms with Crippen molar-refractivity contribution in [3.8, 4) is 6.07 Å². The highest BCUT2D eigenvalue weighted by Gasteiger charge is 2.02. The van der Waals surface area contributed by atoms with Gasteiger partial charge in [0, 0.05) is 10.1 Å². The normalized spacial score (nSPS) is 10.1. The van der Waals surface area contributed by atoms with Crippen molar-refractivity contribution in [2.75, 3.05) is 0 Å². The van der Waals surface area contributed by atoms with E-state index in [1.165, 1.54) is 10.5 Å². The number of aryl methyl sites for hydroxylation is 1. The summed E-state index contributed by atoms with van der Waals surface area (Å²) in [5.41, 5.74) is 1.93. The number of rotatable bonds is 2. The largest absolute Gasteiger partial charge is 0.192 e. The Balaban J connectivity index is 2.93. The standard InChI is InChI=1S/C11H13NS/c1-8(2)13-11-5-4-10(7-12)6-9(11)3/h4-6,8H,1-3H3. The van der Waals surface area contributed by atoms with Crippen LogP contribution in [0.15, 0.2) is 23.1 Å². The Labute approximate surface area is 83.8 Å². The predicted octanol–water partition coefficient (Wildman–Crippen LogP) is 3.37. The smallest absolute Gasteiger partial charge is 0.0991 e. The molecule has 0 atom stereocenters. The van der Waals surface area contributed by atoms with Gasteiger partial charge in [-0.2, -0.15) is 5.26 Å². The Kier molecular flexibility index (Phi) is 3.39. The van der Waals surface area contributed by atoms with Crippen LogP contribution < -0.4 is 0 Å². The number of hydrogen-bond acceptors (Lipinski definition) is 2. The zero-order valence-corrected chi connectivity index (χ0v) is 8.98. The van der Waals surface area contributed by atoms with Crippen molar-refractivity contribution in [3.05, 3.63) is 29.3 Å². The van der Waals surface area contributed by atoms with Crippen molar-refractivity contribution >= 4 is 11.8 Å². The predicted molar refractivity (Wildman–Crippen MR) is 56.9 cm³/mol. The summed E-state index contributed by atoms with van der Waals surface area (Å²) in [6, 6.07) is 7.97. The fraction of sp³-hybridized carbons (Fsp3) is 0.364. The molecule has 1 aromatic rings. The molecular weight excluding hydrogens is 178 g/mol. The second kappa shape index (κ2) is 4.34. The van der Waals surface area contributed by atoms with Gasteiger partial charge < -0.3 is 0 Å². The van der Waals surface area contributed by atoms with E-state index in [0.717, 1.165) is 5.56 Å². The third-order valence-electron chi connectivity index (χ3n) is 1.67. The minimum absolute atomic E-state index is 0.589. The molecule has 0 aromatic heterocycles. The van der Waals surface area contributed by atoms with Crippen LogP contribution in [0, 0.1) is 18.3 Å². The topological polar surface area (TPSA) is 23.8 Å². The quantitative estimate of drug-likeness (QED) is 0.669. The summed E-state index contributed by atoms with van der Waals surface area (Å²) in [5.74, 6) is 0. The molecule has 1 nitrogen and oxygen atoms in total. The molecule has 0 saturated heterocycles. The number of benzene rings is 1. The van der Waals surface area contributed by atoms with E-state index in [0.29, 0.717) is 5.25 Å². The summed E-state index contributed by atoms with van der Waals surface area (Å²) < 4.78 is 0. The molecule has 0 amide bonds. The van der Waals surface area contributed by atoms with Gasteiger partial charge in [-0.3, -0.25) is 0 Å². The molecule has 2 heteroatoms. The zero-order chi connectivity index (χ0) is 9.84. The second-order valence-electron chi connectivity index (χ2n) is 3.26. The zero-order valence-electron chi connectivity index (χ0n) is 8.16. The number of thioether (sulfide) groups is 1. The molecule has 0 aliphatic heterocycles. The van der Waals surface area contributed by atoms with E-state index in [9.17, 15) is 0 Å². The van der Waals surface area contributed by atoms with Gasteiger partial charge in [-0.1, -0.05) is 13.8 Å². The molecule has 0 unspecified atom stereocenters. The first kappa shape index (κ1) is 10.1. The molecule has 0 fully saturated rings. The van der Waals surface area contributed by atoms with Crippen LogP contribution in [0.4, 0.5) is 0 Å². The van der Waals surface area contributed by atoms with Gasteiger partial charge in [0.15, 0.2) is 0 Å². The van der Waals surface area contributed by atoms with Crippen molar-refractivity contribution in [1.29, 1.82) is 5.26 Å². The Morgan fingerprint density at radius 1 is 1.38 bits per heavy atom. The first-order chi connectivity index (χ1) is 6.13. The van der Waals surface area contributed by atoms with Gasteiger partial charge >= 0.3 is 0 Å². The second-order valence-corrected chi connectivity index (χ2v) is 4.88. The first-order valence-electron chi connectivity index (χ1n) is 4.31. The highest BCUT2D eigenvalue weighted by molar-refractivity contribution is 8.00. The molecule has 0 aliphatic carbocycles. The van der Waals surface area contributed by atoms with Crippen LogP contribution in [0.1, 0.15) is 25.0 Å². The van der Waals surface area contributed by atoms with E-state index in [1.807, 2.05) is 36.9 Å². The molecule has 1 rings (SSSR count). The fourth-order valence-corrected chi connectivity index (χ4v) is 2.00.